The van der Waals surface area contributed by atoms with Crippen LogP contribution in [0.2, 0.25) is 0 Å². The Balaban J connectivity index is 2.72. The zero-order valence-corrected chi connectivity index (χ0v) is 8.76. The van der Waals surface area contributed by atoms with Crippen LogP contribution in [0.1, 0.15) is 18.9 Å². The number of allylic oxidation sites excluding steroid dienone is 1. The third-order valence-electron chi connectivity index (χ3n) is 2.06. The highest BCUT2D eigenvalue weighted by atomic mass is 19.1. The smallest absolute Gasteiger partial charge is 0.126 e. The molecule has 3 heteroatoms. The predicted molar refractivity (Wildman–Crippen MR) is 57.5 cm³/mol. The van der Waals surface area contributed by atoms with Gasteiger partial charge in [-0.05, 0) is 44.0 Å². The molecule has 0 saturated heterocycles. The van der Waals surface area contributed by atoms with Crippen molar-refractivity contribution < 1.29 is 8.78 Å². The van der Waals surface area contributed by atoms with Crippen LogP contribution in [0.4, 0.5) is 8.78 Å². The Bertz CT molecular complexity index is 338. The van der Waals surface area contributed by atoms with E-state index in [1.54, 1.807) is 0 Å². The minimum atomic E-state index is -0.531. The molecule has 0 heterocycles. The van der Waals surface area contributed by atoms with Crippen molar-refractivity contribution in [3.8, 4) is 0 Å². The van der Waals surface area contributed by atoms with Crippen LogP contribution < -0.4 is 5.73 Å². The lowest BCUT2D eigenvalue weighted by Gasteiger charge is -2.02. The molecular weight excluding hydrogens is 196 g/mol. The molecule has 0 aliphatic heterocycles. The highest BCUT2D eigenvalue weighted by molar-refractivity contribution is 5.23. The van der Waals surface area contributed by atoms with E-state index in [1.165, 1.54) is 12.1 Å². The Morgan fingerprint density at radius 2 is 1.87 bits per heavy atom. The van der Waals surface area contributed by atoms with E-state index in [-0.39, 0.29) is 0 Å². The summed E-state index contributed by atoms with van der Waals surface area (Å²) < 4.78 is 25.7. The van der Waals surface area contributed by atoms with E-state index in [0.717, 1.165) is 18.1 Å². The Hall–Kier alpha value is -1.22. The van der Waals surface area contributed by atoms with Gasteiger partial charge in [-0.15, -0.1) is 0 Å². The summed E-state index contributed by atoms with van der Waals surface area (Å²) in [4.78, 5) is 0. The van der Waals surface area contributed by atoms with Gasteiger partial charge in [0.2, 0.25) is 0 Å². The molecule has 0 unspecified atom stereocenters. The molecule has 0 atom stereocenters. The molecule has 0 aliphatic rings. The Labute approximate surface area is 88.6 Å². The fraction of sp³-hybridized carbons (Fsp3) is 0.333. The van der Waals surface area contributed by atoms with E-state index in [1.807, 2.05) is 13.0 Å². The molecule has 1 aromatic carbocycles. The monoisotopic (exact) mass is 211 g/mol. The van der Waals surface area contributed by atoms with Crippen LogP contribution in [-0.4, -0.2) is 6.54 Å². The van der Waals surface area contributed by atoms with Crippen LogP contribution in [-0.2, 0) is 6.42 Å². The molecule has 1 aromatic rings. The van der Waals surface area contributed by atoms with Crippen molar-refractivity contribution in [2.24, 2.45) is 5.73 Å². The van der Waals surface area contributed by atoms with Crippen molar-refractivity contribution >= 4 is 0 Å². The Morgan fingerprint density at radius 1 is 1.27 bits per heavy atom. The van der Waals surface area contributed by atoms with Gasteiger partial charge in [-0.25, -0.2) is 8.78 Å². The number of rotatable bonds is 4. The maximum atomic E-state index is 12.9. The summed E-state index contributed by atoms with van der Waals surface area (Å²) in [7, 11) is 0. The fourth-order valence-corrected chi connectivity index (χ4v) is 1.44. The van der Waals surface area contributed by atoms with Crippen molar-refractivity contribution in [2.75, 3.05) is 6.54 Å². The van der Waals surface area contributed by atoms with Crippen LogP contribution in [0.5, 0.6) is 0 Å². The largest absolute Gasteiger partial charge is 0.330 e. The van der Waals surface area contributed by atoms with Gasteiger partial charge >= 0.3 is 0 Å². The van der Waals surface area contributed by atoms with E-state index in [9.17, 15) is 8.78 Å². The molecule has 0 aromatic heterocycles. The summed E-state index contributed by atoms with van der Waals surface area (Å²) in [6.45, 7) is 2.52. The van der Waals surface area contributed by atoms with Crippen molar-refractivity contribution in [3.63, 3.8) is 0 Å². The van der Waals surface area contributed by atoms with Crippen LogP contribution in [0.3, 0.4) is 0 Å². The van der Waals surface area contributed by atoms with E-state index >= 15 is 0 Å². The molecule has 0 radical (unpaired) electrons. The highest BCUT2D eigenvalue weighted by Crippen LogP contribution is 2.12. The Kier molecular flexibility index (Phi) is 4.43. The van der Waals surface area contributed by atoms with Crippen LogP contribution in [0.15, 0.2) is 29.8 Å². The van der Waals surface area contributed by atoms with E-state index in [4.69, 9.17) is 5.73 Å². The first-order valence-corrected chi connectivity index (χ1v) is 4.92. The lowest BCUT2D eigenvalue weighted by Crippen LogP contribution is -1.97. The molecule has 2 N–H and O–H groups in total. The third kappa shape index (κ3) is 4.21. The maximum absolute atomic E-state index is 12.9. The molecule has 82 valence electrons. The lowest BCUT2D eigenvalue weighted by molar-refractivity contribution is 0.580. The summed E-state index contributed by atoms with van der Waals surface area (Å²) in [6, 6.07) is 3.58. The minimum Gasteiger partial charge on any atom is -0.330 e. The van der Waals surface area contributed by atoms with Crippen LogP contribution in [0, 0.1) is 11.6 Å². The summed E-state index contributed by atoms with van der Waals surface area (Å²) in [6.07, 6.45) is 3.35. The number of nitrogens with two attached hydrogens (primary N) is 1. The van der Waals surface area contributed by atoms with Crippen molar-refractivity contribution in [3.05, 3.63) is 47.0 Å². The van der Waals surface area contributed by atoms with Gasteiger partial charge in [-0.3, -0.25) is 0 Å². The molecule has 1 rings (SSSR count). The lowest BCUT2D eigenvalue weighted by atomic mass is 10.1. The zero-order valence-electron chi connectivity index (χ0n) is 8.76. The standard InChI is InChI=1S/C12H15F2N/c1-9(3-2-4-15)5-10-6-11(13)8-12(14)7-10/h3,6-8H,2,4-5,15H2,1H3/b9-3-. The van der Waals surface area contributed by atoms with Gasteiger partial charge in [-0.1, -0.05) is 11.6 Å². The average molecular weight is 211 g/mol. The molecule has 0 fully saturated rings. The molecule has 0 aliphatic carbocycles. The zero-order chi connectivity index (χ0) is 11.3. The first kappa shape index (κ1) is 11.9. The quantitative estimate of drug-likeness (QED) is 0.761. The second-order valence-electron chi connectivity index (χ2n) is 3.58. The summed E-state index contributed by atoms with van der Waals surface area (Å²) in [5, 5.41) is 0. The average Bonchev–Trinajstić information content (AvgIpc) is 2.13. The maximum Gasteiger partial charge on any atom is 0.126 e. The molecule has 15 heavy (non-hydrogen) atoms. The molecule has 1 nitrogen and oxygen atoms in total. The minimum absolute atomic E-state index is 0.531. The van der Waals surface area contributed by atoms with Crippen LogP contribution >= 0.6 is 0 Å². The van der Waals surface area contributed by atoms with Crippen molar-refractivity contribution in [1.82, 2.24) is 0 Å². The number of hydrogen-bond acceptors (Lipinski definition) is 1. The van der Waals surface area contributed by atoms with Gasteiger partial charge in [0, 0.05) is 6.07 Å². The number of benzene rings is 1. The van der Waals surface area contributed by atoms with E-state index < -0.39 is 11.6 Å². The highest BCUT2D eigenvalue weighted by Gasteiger charge is 2.01. The van der Waals surface area contributed by atoms with Gasteiger partial charge in [-0.2, -0.15) is 0 Å². The summed E-state index contributed by atoms with van der Waals surface area (Å²) >= 11 is 0. The second kappa shape index (κ2) is 5.61. The topological polar surface area (TPSA) is 26.0 Å². The predicted octanol–water partition coefficient (Wildman–Crippen LogP) is 2.80. The normalized spacial score (nSPS) is 11.9. The summed E-state index contributed by atoms with van der Waals surface area (Å²) in [5.41, 5.74) is 7.08. The molecule has 0 amide bonds. The van der Waals surface area contributed by atoms with Gasteiger partial charge in [0.1, 0.15) is 11.6 Å². The van der Waals surface area contributed by atoms with Crippen LogP contribution in [0.25, 0.3) is 0 Å². The molecule has 0 spiro atoms. The Morgan fingerprint density at radius 3 is 2.40 bits per heavy atom. The van der Waals surface area contributed by atoms with Gasteiger partial charge in [0.25, 0.3) is 0 Å². The van der Waals surface area contributed by atoms with Crippen molar-refractivity contribution in [1.29, 1.82) is 0 Å². The summed E-state index contributed by atoms with van der Waals surface area (Å²) in [5.74, 6) is -1.06. The van der Waals surface area contributed by atoms with Gasteiger partial charge < -0.3 is 5.73 Å². The second-order valence-corrected chi connectivity index (χ2v) is 3.58. The molecule has 0 bridgehead atoms. The third-order valence-corrected chi connectivity index (χ3v) is 2.06. The SMILES string of the molecule is C/C(=C/CCN)Cc1cc(F)cc(F)c1. The van der Waals surface area contributed by atoms with Gasteiger partial charge in [0.05, 0.1) is 0 Å². The van der Waals surface area contributed by atoms with Gasteiger partial charge in [0.15, 0.2) is 0 Å². The first-order chi connectivity index (χ1) is 7.11. The number of halogens is 2. The number of hydrogen-bond donors (Lipinski definition) is 1. The van der Waals surface area contributed by atoms with Crippen molar-refractivity contribution in [2.45, 2.75) is 19.8 Å². The molecule has 0 saturated carbocycles. The van der Waals surface area contributed by atoms with E-state index in [0.29, 0.717) is 18.5 Å². The van der Waals surface area contributed by atoms with E-state index in [2.05, 4.69) is 0 Å². The fourth-order valence-electron chi connectivity index (χ4n) is 1.44. The molecular formula is C12H15F2N. The first-order valence-electron chi connectivity index (χ1n) is 4.92.